The van der Waals surface area contributed by atoms with Crippen molar-refractivity contribution in [2.24, 2.45) is 5.92 Å². The zero-order valence-corrected chi connectivity index (χ0v) is 15.4. The molecule has 0 amide bonds. The van der Waals surface area contributed by atoms with Gasteiger partial charge in [0.25, 0.3) is 0 Å². The molecular weight excluding hydrogens is 318 g/mol. The van der Waals surface area contributed by atoms with E-state index in [0.29, 0.717) is 17.4 Å². The van der Waals surface area contributed by atoms with E-state index in [4.69, 9.17) is 18.6 Å². The molecule has 1 saturated carbocycles. The van der Waals surface area contributed by atoms with Crippen LogP contribution >= 0.6 is 0 Å². The Labute approximate surface area is 149 Å². The Morgan fingerprint density at radius 3 is 2.44 bits per heavy atom. The number of furan rings is 1. The van der Waals surface area contributed by atoms with Crippen LogP contribution in [0.25, 0.3) is 0 Å². The highest BCUT2D eigenvalue weighted by Gasteiger charge is 2.36. The number of hydrogen-bond donors (Lipinski definition) is 1. The van der Waals surface area contributed by atoms with Crippen molar-refractivity contribution in [2.45, 2.75) is 32.2 Å². The summed E-state index contributed by atoms with van der Waals surface area (Å²) in [6.45, 7) is 3.82. The molecule has 5 nitrogen and oxygen atoms in total. The molecule has 1 aliphatic carbocycles. The Morgan fingerprint density at radius 1 is 1.04 bits per heavy atom. The van der Waals surface area contributed by atoms with Crippen molar-refractivity contribution >= 4 is 0 Å². The number of rotatable bonds is 9. The van der Waals surface area contributed by atoms with Gasteiger partial charge >= 0.3 is 0 Å². The predicted octanol–water partition coefficient (Wildman–Crippen LogP) is 3.76. The zero-order chi connectivity index (χ0) is 17.8. The Balaban J connectivity index is 1.54. The molecule has 1 aliphatic rings. The molecule has 1 N–H and O–H groups in total. The first kappa shape index (κ1) is 17.7. The summed E-state index contributed by atoms with van der Waals surface area (Å²) >= 11 is 0. The fourth-order valence-corrected chi connectivity index (χ4v) is 3.20. The molecule has 3 rings (SSSR count). The monoisotopic (exact) mass is 345 g/mol. The number of methoxy groups -OCH3 is 3. The maximum absolute atomic E-state index is 5.92. The van der Waals surface area contributed by atoms with Crippen LogP contribution in [-0.4, -0.2) is 27.9 Å². The van der Waals surface area contributed by atoms with Gasteiger partial charge in [0.15, 0.2) is 11.5 Å². The van der Waals surface area contributed by atoms with Crippen LogP contribution in [0.2, 0.25) is 0 Å². The topological polar surface area (TPSA) is 52.9 Å². The average Bonchev–Trinajstić information content (AvgIpc) is 3.18. The molecule has 0 aliphatic heterocycles. The lowest BCUT2D eigenvalue weighted by Crippen LogP contribution is -2.16. The largest absolute Gasteiger partial charge is 0.493 e. The summed E-state index contributed by atoms with van der Waals surface area (Å²) in [5, 5.41) is 3.43. The van der Waals surface area contributed by atoms with Gasteiger partial charge in [0.05, 0.1) is 27.9 Å². The molecule has 2 aromatic rings. The highest BCUT2D eigenvalue weighted by molar-refractivity contribution is 5.55. The molecule has 0 bridgehead atoms. The maximum Gasteiger partial charge on any atom is 0.203 e. The summed E-state index contributed by atoms with van der Waals surface area (Å²) in [6.07, 6.45) is 2.08. The molecule has 136 valence electrons. The lowest BCUT2D eigenvalue weighted by molar-refractivity contribution is 0.322. The lowest BCUT2D eigenvalue weighted by Gasteiger charge is -2.15. The number of ether oxygens (including phenoxy) is 3. The van der Waals surface area contributed by atoms with Crippen molar-refractivity contribution < 1.29 is 18.6 Å². The van der Waals surface area contributed by atoms with Crippen molar-refractivity contribution in [2.75, 3.05) is 27.9 Å². The van der Waals surface area contributed by atoms with Crippen LogP contribution in [0, 0.1) is 5.92 Å². The van der Waals surface area contributed by atoms with Crippen molar-refractivity contribution in [1.29, 1.82) is 0 Å². The molecule has 0 spiro atoms. The fraction of sp³-hybridized carbons (Fsp3) is 0.500. The van der Waals surface area contributed by atoms with Crippen LogP contribution in [0.3, 0.4) is 0 Å². The molecule has 2 unspecified atom stereocenters. The first-order valence-corrected chi connectivity index (χ1v) is 8.75. The van der Waals surface area contributed by atoms with Crippen molar-refractivity contribution in [3.05, 3.63) is 41.3 Å². The highest BCUT2D eigenvalue weighted by Crippen LogP contribution is 2.47. The van der Waals surface area contributed by atoms with E-state index in [0.717, 1.165) is 48.3 Å². The van der Waals surface area contributed by atoms with Crippen molar-refractivity contribution in [3.8, 4) is 17.2 Å². The van der Waals surface area contributed by atoms with Crippen LogP contribution in [0.1, 0.15) is 36.3 Å². The second-order valence-corrected chi connectivity index (χ2v) is 6.54. The Bertz CT molecular complexity index is 710. The molecule has 1 aromatic carbocycles. The first-order valence-electron chi connectivity index (χ1n) is 8.75. The zero-order valence-electron chi connectivity index (χ0n) is 15.4. The van der Waals surface area contributed by atoms with Gasteiger partial charge in [-0.15, -0.1) is 0 Å². The van der Waals surface area contributed by atoms with Gasteiger partial charge < -0.3 is 23.9 Å². The van der Waals surface area contributed by atoms with E-state index in [-0.39, 0.29) is 0 Å². The molecule has 5 heteroatoms. The van der Waals surface area contributed by atoms with Gasteiger partial charge in [0.2, 0.25) is 5.75 Å². The molecule has 1 fully saturated rings. The van der Waals surface area contributed by atoms with Crippen LogP contribution in [-0.2, 0) is 13.0 Å². The number of benzene rings is 1. The molecule has 1 heterocycles. The second kappa shape index (κ2) is 7.83. The van der Waals surface area contributed by atoms with E-state index in [1.807, 2.05) is 12.1 Å². The lowest BCUT2D eigenvalue weighted by atomic mass is 10.1. The quantitative estimate of drug-likeness (QED) is 0.701. The predicted molar refractivity (Wildman–Crippen MR) is 96.7 cm³/mol. The summed E-state index contributed by atoms with van der Waals surface area (Å²) in [6, 6.07) is 8.11. The van der Waals surface area contributed by atoms with Gasteiger partial charge in [-0.3, -0.25) is 0 Å². The summed E-state index contributed by atoms with van der Waals surface area (Å²) in [5.41, 5.74) is 1.08. The molecule has 0 radical (unpaired) electrons. The first-order chi connectivity index (χ1) is 12.2. The van der Waals surface area contributed by atoms with Gasteiger partial charge in [-0.25, -0.2) is 0 Å². The Morgan fingerprint density at radius 2 is 1.80 bits per heavy atom. The van der Waals surface area contributed by atoms with E-state index in [2.05, 4.69) is 24.4 Å². The van der Waals surface area contributed by atoms with Crippen molar-refractivity contribution in [3.63, 3.8) is 0 Å². The average molecular weight is 345 g/mol. The molecule has 1 aromatic heterocycles. The molecular formula is C20H27NO4. The molecule has 0 saturated heterocycles. The van der Waals surface area contributed by atoms with E-state index in [1.165, 1.54) is 6.42 Å². The van der Waals surface area contributed by atoms with Gasteiger partial charge in [0, 0.05) is 5.92 Å². The molecule has 25 heavy (non-hydrogen) atoms. The number of hydrogen-bond acceptors (Lipinski definition) is 5. The Hall–Kier alpha value is -2.14. The minimum absolute atomic E-state index is 0.629. The highest BCUT2D eigenvalue weighted by atomic mass is 16.5. The Kier molecular flexibility index (Phi) is 5.53. The van der Waals surface area contributed by atoms with Crippen LogP contribution in [0.15, 0.2) is 28.7 Å². The summed E-state index contributed by atoms with van der Waals surface area (Å²) < 4.78 is 22.2. The van der Waals surface area contributed by atoms with E-state index >= 15 is 0 Å². The SMILES string of the molecule is COc1ccc(CCNCc2ccc(C3CC3C)o2)c(OC)c1OC. The van der Waals surface area contributed by atoms with Gasteiger partial charge in [0.1, 0.15) is 11.5 Å². The van der Waals surface area contributed by atoms with Crippen LogP contribution in [0.5, 0.6) is 17.2 Å². The van der Waals surface area contributed by atoms with Gasteiger partial charge in [-0.1, -0.05) is 13.0 Å². The third-order valence-corrected chi connectivity index (χ3v) is 4.81. The fourth-order valence-electron chi connectivity index (χ4n) is 3.20. The smallest absolute Gasteiger partial charge is 0.203 e. The van der Waals surface area contributed by atoms with E-state index in [9.17, 15) is 0 Å². The number of nitrogens with one attached hydrogen (secondary N) is 1. The summed E-state index contributed by atoms with van der Waals surface area (Å²) in [7, 11) is 4.90. The van der Waals surface area contributed by atoms with E-state index in [1.54, 1.807) is 21.3 Å². The summed E-state index contributed by atoms with van der Waals surface area (Å²) in [4.78, 5) is 0. The molecule has 2 atom stereocenters. The van der Waals surface area contributed by atoms with Crippen LogP contribution < -0.4 is 19.5 Å². The summed E-state index contributed by atoms with van der Waals surface area (Å²) in [5.74, 6) is 5.56. The van der Waals surface area contributed by atoms with Gasteiger partial charge in [-0.05, 0) is 49.1 Å². The van der Waals surface area contributed by atoms with E-state index < -0.39 is 0 Å². The van der Waals surface area contributed by atoms with Gasteiger partial charge in [-0.2, -0.15) is 0 Å². The van der Waals surface area contributed by atoms with Crippen molar-refractivity contribution in [1.82, 2.24) is 5.32 Å². The minimum atomic E-state index is 0.629. The second-order valence-electron chi connectivity index (χ2n) is 6.54. The minimum Gasteiger partial charge on any atom is -0.493 e. The third kappa shape index (κ3) is 3.93. The third-order valence-electron chi connectivity index (χ3n) is 4.81. The standard InChI is InChI=1S/C20H27NO4/c1-13-11-16(13)17-8-6-15(25-17)12-21-10-9-14-5-7-18(22-2)20(24-4)19(14)23-3/h5-8,13,16,21H,9-12H2,1-4H3. The maximum atomic E-state index is 5.92. The normalized spacial score (nSPS) is 18.9. The van der Waals surface area contributed by atoms with Crippen LogP contribution in [0.4, 0.5) is 0 Å².